The number of nitrogens with zero attached hydrogens (tertiary/aromatic N) is 2. The zero-order chi connectivity index (χ0) is 33.9. The van der Waals surface area contributed by atoms with Gasteiger partial charge in [-0.25, -0.2) is 0 Å². The number of fused-ring (bicyclic) bond motifs is 3. The van der Waals surface area contributed by atoms with Crippen LogP contribution in [0.15, 0.2) is 47.2 Å². The number of nitriles is 1. The number of Topliss-reactive ketones (excluding diaryl/α,β-unsaturated/α-hetero) is 2. The number of likely N-dealkylation sites (N-methyl/N-ethyl adjacent to an activating group) is 1. The molecule has 0 spiro atoms. The summed E-state index contributed by atoms with van der Waals surface area (Å²) in [5, 5.41) is 48.2. The Morgan fingerprint density at radius 1 is 1.15 bits per heavy atom. The van der Waals surface area contributed by atoms with Crippen LogP contribution in [0.2, 0.25) is 0 Å². The summed E-state index contributed by atoms with van der Waals surface area (Å²) in [6, 6.07) is 8.95. The lowest BCUT2D eigenvalue weighted by atomic mass is 9.47. The Morgan fingerprint density at radius 2 is 1.85 bits per heavy atom. The van der Waals surface area contributed by atoms with E-state index in [2.05, 4.69) is 12.2 Å². The zero-order valence-electron chi connectivity index (χ0n) is 26.1. The molecule has 1 saturated carbocycles. The van der Waals surface area contributed by atoms with Gasteiger partial charge < -0.3 is 42.6 Å². The number of benzene rings is 2. The molecule has 13 heteroatoms. The number of ketones is 2. The number of hydrogen-bond acceptors (Lipinski definition) is 12. The smallest absolute Gasteiger partial charge is 0.255 e. The van der Waals surface area contributed by atoms with E-state index in [-0.39, 0.29) is 17.7 Å². The van der Waals surface area contributed by atoms with Crippen molar-refractivity contribution in [1.29, 1.82) is 5.26 Å². The maximum absolute atomic E-state index is 14.6. The minimum absolute atomic E-state index is 0.0919. The van der Waals surface area contributed by atoms with E-state index in [1.165, 1.54) is 32.2 Å². The van der Waals surface area contributed by atoms with E-state index in [4.69, 9.17) is 21.9 Å². The minimum Gasteiger partial charge on any atom is -0.509 e. The summed E-state index contributed by atoms with van der Waals surface area (Å²) in [6.07, 6.45) is 0.323. The van der Waals surface area contributed by atoms with Crippen LogP contribution in [-0.4, -0.2) is 82.6 Å². The molecule has 0 aromatic heterocycles. The van der Waals surface area contributed by atoms with Crippen molar-refractivity contribution >= 4 is 23.2 Å². The summed E-state index contributed by atoms with van der Waals surface area (Å²) < 4.78 is 5.67. The Hall–Kier alpha value is -4.74. The first-order chi connectivity index (χ1) is 21.6. The molecule has 5 rings (SSSR count). The topological polar surface area (TPSA) is 238 Å². The summed E-state index contributed by atoms with van der Waals surface area (Å²) >= 11 is 0. The van der Waals surface area contributed by atoms with Crippen LogP contribution in [0.1, 0.15) is 36.5 Å². The maximum Gasteiger partial charge on any atom is 0.255 e. The van der Waals surface area contributed by atoms with Crippen molar-refractivity contribution in [2.45, 2.75) is 49.9 Å². The molecule has 10 N–H and O–H groups in total. The second kappa shape index (κ2) is 11.3. The lowest BCUT2D eigenvalue weighted by Crippen LogP contribution is -2.80. The first-order valence-corrected chi connectivity index (χ1v) is 14.8. The highest BCUT2D eigenvalue weighted by Crippen LogP contribution is 2.59. The van der Waals surface area contributed by atoms with Crippen molar-refractivity contribution in [3.05, 3.63) is 63.9 Å². The summed E-state index contributed by atoms with van der Waals surface area (Å²) in [7, 11) is 4.46. The van der Waals surface area contributed by atoms with Gasteiger partial charge >= 0.3 is 0 Å². The van der Waals surface area contributed by atoms with Gasteiger partial charge in [0.05, 0.1) is 41.4 Å². The number of primary amides is 1. The molecule has 242 valence electrons. The van der Waals surface area contributed by atoms with Crippen LogP contribution >= 0.6 is 0 Å². The molecule has 0 heterocycles. The number of ether oxygens (including phenoxy) is 1. The third-order valence-corrected chi connectivity index (χ3v) is 9.44. The molecule has 2 aromatic carbocycles. The van der Waals surface area contributed by atoms with E-state index in [0.29, 0.717) is 29.0 Å². The summed E-state index contributed by atoms with van der Waals surface area (Å²) in [4.78, 5) is 42.0. The second-order valence-corrected chi connectivity index (χ2v) is 12.5. The first kappa shape index (κ1) is 32.6. The van der Waals surface area contributed by atoms with Crippen LogP contribution in [0.4, 0.5) is 0 Å². The SMILES string of the molecule is CCCNCc1ccc(OC)c(-c2ccc(O)c3c2C[C@@]2(N)C[C@@]4(N)[C@H](N(C)C)C(=O)C(C(N)=O)=C(O)[C@@]4(C#N)C(=O)C2=C3O)c1. The summed E-state index contributed by atoms with van der Waals surface area (Å²) in [6.45, 7) is 3.45. The van der Waals surface area contributed by atoms with Crippen LogP contribution in [-0.2, 0) is 27.3 Å². The molecule has 4 atom stereocenters. The zero-order valence-corrected chi connectivity index (χ0v) is 26.1. The molecule has 0 unspecified atom stereocenters. The second-order valence-electron chi connectivity index (χ2n) is 12.5. The molecule has 46 heavy (non-hydrogen) atoms. The number of aliphatic hydroxyl groups is 2. The molecule has 3 aliphatic carbocycles. The van der Waals surface area contributed by atoms with E-state index < -0.39 is 69.1 Å². The Kier molecular flexibility index (Phi) is 7.99. The lowest BCUT2D eigenvalue weighted by molar-refractivity contribution is -0.139. The average molecular weight is 631 g/mol. The normalized spacial score (nSPS) is 27.2. The van der Waals surface area contributed by atoms with Gasteiger partial charge in [0.1, 0.15) is 28.6 Å². The van der Waals surface area contributed by atoms with Crippen LogP contribution in [0, 0.1) is 16.7 Å². The number of hydrogen-bond donors (Lipinski definition) is 7. The Bertz CT molecular complexity index is 1790. The molecule has 0 saturated heterocycles. The summed E-state index contributed by atoms with van der Waals surface area (Å²) in [5.74, 6) is -5.28. The van der Waals surface area contributed by atoms with Gasteiger partial charge in [-0.05, 0) is 74.8 Å². The highest BCUT2D eigenvalue weighted by Gasteiger charge is 2.74. The number of carbonyl (C=O) groups excluding carboxylic acids is 3. The molecule has 1 fully saturated rings. The number of nitrogens with two attached hydrogens (primary N) is 3. The molecule has 13 nitrogen and oxygen atoms in total. The predicted molar refractivity (Wildman–Crippen MR) is 168 cm³/mol. The van der Waals surface area contributed by atoms with Gasteiger partial charge in [-0.3, -0.25) is 19.3 Å². The highest BCUT2D eigenvalue weighted by atomic mass is 16.5. The summed E-state index contributed by atoms with van der Waals surface area (Å²) in [5.41, 5.74) is 13.7. The van der Waals surface area contributed by atoms with Gasteiger partial charge in [0.15, 0.2) is 17.0 Å². The first-order valence-electron chi connectivity index (χ1n) is 14.8. The largest absolute Gasteiger partial charge is 0.509 e. The van der Waals surface area contributed by atoms with Crippen molar-refractivity contribution in [1.82, 2.24) is 10.2 Å². The molecular formula is C33H38N6O7. The lowest BCUT2D eigenvalue weighted by Gasteiger charge is -2.58. The van der Waals surface area contributed by atoms with Crippen molar-refractivity contribution in [3.8, 4) is 28.7 Å². The molecule has 0 aliphatic heterocycles. The molecular weight excluding hydrogens is 592 g/mol. The van der Waals surface area contributed by atoms with Crippen molar-refractivity contribution < 1.29 is 34.4 Å². The molecule has 0 radical (unpaired) electrons. The third-order valence-electron chi connectivity index (χ3n) is 9.44. The Labute approximate surface area is 265 Å². The van der Waals surface area contributed by atoms with Gasteiger partial charge in [-0.1, -0.05) is 19.1 Å². The highest BCUT2D eigenvalue weighted by molar-refractivity contribution is 6.25. The number of nitrogens with one attached hydrogen (secondary N) is 1. The number of rotatable bonds is 8. The number of aliphatic hydroxyl groups excluding tert-OH is 2. The van der Waals surface area contributed by atoms with Gasteiger partial charge in [0.25, 0.3) is 5.91 Å². The number of phenols is 1. The van der Waals surface area contributed by atoms with Crippen LogP contribution in [0.25, 0.3) is 16.9 Å². The predicted octanol–water partition coefficient (Wildman–Crippen LogP) is 1.08. The fraction of sp³-hybridized carbons (Fsp3) is 0.394. The van der Waals surface area contributed by atoms with Gasteiger partial charge in [0.2, 0.25) is 0 Å². The van der Waals surface area contributed by atoms with Crippen molar-refractivity contribution in [2.75, 3.05) is 27.7 Å². The number of methoxy groups -OCH3 is 1. The van der Waals surface area contributed by atoms with E-state index >= 15 is 0 Å². The van der Waals surface area contributed by atoms with Crippen LogP contribution < -0.4 is 27.3 Å². The standard InChI is InChI=1S/C33H38N6O7/c1-5-10-38-13-16-6-9-21(46-4)18(11-16)17-7-8-20(40)22-19(17)12-31(36)14-33(37)27(39(2)3)26(42)23(30(35)45)28(43)32(33,15-34)29(44)24(31)25(22)41/h6-9,11,27,38,40-41,43H,5,10,12-14,36-37H2,1-4H3,(H2,35,45)/t27-,31-,32+,33-/m1/s1. The van der Waals surface area contributed by atoms with Crippen molar-refractivity contribution in [3.63, 3.8) is 0 Å². The Morgan fingerprint density at radius 3 is 2.43 bits per heavy atom. The minimum atomic E-state index is -2.72. The van der Waals surface area contributed by atoms with E-state index in [1.807, 2.05) is 12.1 Å². The molecule has 2 aromatic rings. The quantitative estimate of drug-likeness (QED) is 0.160. The van der Waals surface area contributed by atoms with E-state index in [1.54, 1.807) is 18.2 Å². The number of aromatic hydroxyl groups is 1. The number of amides is 1. The molecule has 3 aliphatic rings. The van der Waals surface area contributed by atoms with Crippen LogP contribution in [0.3, 0.4) is 0 Å². The Balaban J connectivity index is 1.80. The maximum atomic E-state index is 14.6. The third kappa shape index (κ3) is 4.33. The fourth-order valence-corrected chi connectivity index (χ4v) is 7.57. The van der Waals surface area contributed by atoms with Gasteiger partial charge in [-0.2, -0.15) is 5.26 Å². The van der Waals surface area contributed by atoms with Gasteiger partial charge in [-0.15, -0.1) is 0 Å². The van der Waals surface area contributed by atoms with E-state index in [9.17, 15) is 35.0 Å². The number of phenolic OH excluding ortho intramolecular Hbond substituents is 1. The van der Waals surface area contributed by atoms with Crippen molar-refractivity contribution in [2.24, 2.45) is 22.6 Å². The van der Waals surface area contributed by atoms with Gasteiger partial charge in [0, 0.05) is 12.1 Å². The fourth-order valence-electron chi connectivity index (χ4n) is 7.57. The van der Waals surface area contributed by atoms with E-state index in [0.717, 1.165) is 18.5 Å². The van der Waals surface area contributed by atoms with Crippen LogP contribution in [0.5, 0.6) is 11.5 Å². The molecule has 1 amide bonds. The average Bonchev–Trinajstić information content (AvgIpc) is 2.96. The number of carbonyl (C=O) groups is 3. The molecule has 0 bridgehead atoms. The monoisotopic (exact) mass is 630 g/mol.